The Morgan fingerprint density at radius 2 is 2.07 bits per heavy atom. The van der Waals surface area contributed by atoms with Gasteiger partial charge >= 0.3 is 0 Å². The summed E-state index contributed by atoms with van der Waals surface area (Å²) in [4.78, 5) is 21.7. The zero-order valence-corrected chi connectivity index (χ0v) is 17.9. The van der Waals surface area contributed by atoms with Crippen LogP contribution >= 0.6 is 23.7 Å². The quantitative estimate of drug-likeness (QED) is 0.655. The summed E-state index contributed by atoms with van der Waals surface area (Å²) in [6, 6.07) is 6.40. The van der Waals surface area contributed by atoms with Crippen LogP contribution in [0.15, 0.2) is 18.2 Å². The second-order valence-corrected chi connectivity index (χ2v) is 7.76. The smallest absolute Gasteiger partial charge is 0.228 e. The number of amides is 1. The van der Waals surface area contributed by atoms with Crippen LogP contribution in [0.4, 0.5) is 5.13 Å². The number of carbonyl (C=O) groups is 1. The molecule has 0 unspecified atom stereocenters. The van der Waals surface area contributed by atoms with Gasteiger partial charge in [-0.25, -0.2) is 4.98 Å². The molecule has 27 heavy (non-hydrogen) atoms. The van der Waals surface area contributed by atoms with Crippen molar-refractivity contribution >= 4 is 45.0 Å². The maximum absolute atomic E-state index is 12.7. The second-order valence-electron chi connectivity index (χ2n) is 6.76. The number of hydrogen-bond acceptors (Lipinski definition) is 5. The van der Waals surface area contributed by atoms with Crippen molar-refractivity contribution < 1.29 is 9.53 Å². The third-order valence-electron chi connectivity index (χ3n) is 4.81. The lowest BCUT2D eigenvalue weighted by atomic mass is 10.2. The number of halogens is 1. The van der Waals surface area contributed by atoms with E-state index in [1.54, 1.807) is 11.3 Å². The molecule has 0 spiro atoms. The molecular formula is C20H30ClN3O2S. The molecule has 5 nitrogen and oxygen atoms in total. The van der Waals surface area contributed by atoms with Crippen LogP contribution in [0, 0.1) is 0 Å². The topological polar surface area (TPSA) is 45.7 Å². The lowest BCUT2D eigenvalue weighted by molar-refractivity contribution is -0.118. The van der Waals surface area contributed by atoms with E-state index in [-0.39, 0.29) is 18.3 Å². The van der Waals surface area contributed by atoms with Crippen molar-refractivity contribution in [3.05, 3.63) is 23.8 Å². The van der Waals surface area contributed by atoms with E-state index in [9.17, 15) is 4.79 Å². The van der Waals surface area contributed by atoms with Gasteiger partial charge in [0.15, 0.2) is 5.13 Å². The van der Waals surface area contributed by atoms with Crippen LogP contribution in [-0.2, 0) is 16.0 Å². The Morgan fingerprint density at radius 3 is 2.78 bits per heavy atom. The summed E-state index contributed by atoms with van der Waals surface area (Å²) in [5, 5.41) is 0.841. The first-order valence-corrected chi connectivity index (χ1v) is 10.5. The molecule has 3 rings (SSSR count). The number of hydrogen-bond donors (Lipinski definition) is 0. The summed E-state index contributed by atoms with van der Waals surface area (Å²) in [6.45, 7) is 9.56. The summed E-state index contributed by atoms with van der Waals surface area (Å²) in [7, 11) is 0. The van der Waals surface area contributed by atoms with Crippen molar-refractivity contribution in [3.63, 3.8) is 0 Å². The highest BCUT2D eigenvalue weighted by Gasteiger charge is 2.19. The Kier molecular flexibility index (Phi) is 8.96. The van der Waals surface area contributed by atoms with Crippen molar-refractivity contribution in [1.29, 1.82) is 0 Å². The number of thiazole rings is 1. The minimum Gasteiger partial charge on any atom is -0.379 e. The van der Waals surface area contributed by atoms with Gasteiger partial charge in [0.1, 0.15) is 0 Å². The van der Waals surface area contributed by atoms with Gasteiger partial charge in [-0.2, -0.15) is 0 Å². The SMILES string of the molecule is CCCC(=O)N(CCCN1CCOCC1)c1nc2ccc(CC)cc2s1.Cl. The summed E-state index contributed by atoms with van der Waals surface area (Å²) >= 11 is 1.64. The predicted octanol–water partition coefficient (Wildman–Crippen LogP) is 4.14. The van der Waals surface area contributed by atoms with E-state index in [0.717, 1.165) is 69.3 Å². The molecule has 0 bridgehead atoms. The van der Waals surface area contributed by atoms with E-state index < -0.39 is 0 Å². The molecule has 1 aromatic carbocycles. The number of morpholine rings is 1. The van der Waals surface area contributed by atoms with Crippen LogP contribution < -0.4 is 4.90 Å². The van der Waals surface area contributed by atoms with Crippen LogP contribution in [0.2, 0.25) is 0 Å². The second kappa shape index (κ2) is 11.0. The van der Waals surface area contributed by atoms with Crippen LogP contribution in [0.1, 0.15) is 38.7 Å². The molecule has 1 fully saturated rings. The van der Waals surface area contributed by atoms with E-state index in [4.69, 9.17) is 9.72 Å². The fourth-order valence-corrected chi connectivity index (χ4v) is 4.32. The standard InChI is InChI=1S/C20H29N3O2S.ClH/c1-3-6-19(24)23(10-5-9-22-11-13-25-14-12-22)20-21-17-8-7-16(4-2)15-18(17)26-20;/h7-8,15H,3-6,9-14H2,1-2H3;1H. The predicted molar refractivity (Wildman–Crippen MR) is 115 cm³/mol. The average molecular weight is 412 g/mol. The first-order valence-electron chi connectivity index (χ1n) is 9.71. The van der Waals surface area contributed by atoms with Crippen molar-refractivity contribution in [2.24, 2.45) is 0 Å². The molecule has 1 aliphatic rings. The van der Waals surface area contributed by atoms with Crippen LogP contribution in [0.5, 0.6) is 0 Å². The molecule has 0 atom stereocenters. The van der Waals surface area contributed by atoms with Gasteiger partial charge in [0.2, 0.25) is 5.91 Å². The number of ether oxygens (including phenoxy) is 1. The van der Waals surface area contributed by atoms with Crippen molar-refractivity contribution in [3.8, 4) is 0 Å². The van der Waals surface area contributed by atoms with Gasteiger partial charge in [-0.3, -0.25) is 14.6 Å². The lowest BCUT2D eigenvalue weighted by Gasteiger charge is -2.27. The minimum absolute atomic E-state index is 0. The summed E-state index contributed by atoms with van der Waals surface area (Å²) < 4.78 is 6.57. The number of aryl methyl sites for hydroxylation is 1. The molecule has 1 saturated heterocycles. The van der Waals surface area contributed by atoms with Gasteiger partial charge < -0.3 is 4.74 Å². The van der Waals surface area contributed by atoms with Gasteiger partial charge in [0, 0.05) is 32.6 Å². The zero-order valence-electron chi connectivity index (χ0n) is 16.3. The van der Waals surface area contributed by atoms with Crippen LogP contribution in [0.3, 0.4) is 0 Å². The number of anilines is 1. The van der Waals surface area contributed by atoms with E-state index >= 15 is 0 Å². The summed E-state index contributed by atoms with van der Waals surface area (Å²) in [5.74, 6) is 0.184. The molecule has 0 saturated carbocycles. The Bertz CT molecular complexity index is 731. The largest absolute Gasteiger partial charge is 0.379 e. The fraction of sp³-hybridized carbons (Fsp3) is 0.600. The number of nitrogens with zero attached hydrogens (tertiary/aromatic N) is 3. The zero-order chi connectivity index (χ0) is 18.4. The highest BCUT2D eigenvalue weighted by Crippen LogP contribution is 2.30. The highest BCUT2D eigenvalue weighted by molar-refractivity contribution is 7.22. The fourth-order valence-electron chi connectivity index (χ4n) is 3.25. The molecule has 1 amide bonds. The third kappa shape index (κ3) is 5.88. The molecule has 0 aliphatic carbocycles. The van der Waals surface area contributed by atoms with Crippen molar-refractivity contribution in [2.45, 2.75) is 39.5 Å². The monoisotopic (exact) mass is 411 g/mol. The maximum atomic E-state index is 12.7. The summed E-state index contributed by atoms with van der Waals surface area (Å²) in [6.07, 6.45) is 3.42. The first-order chi connectivity index (χ1) is 12.7. The Hall–Kier alpha value is -1.21. The summed E-state index contributed by atoms with van der Waals surface area (Å²) in [5.41, 5.74) is 2.30. The van der Waals surface area contributed by atoms with Gasteiger partial charge in [-0.15, -0.1) is 12.4 Å². The van der Waals surface area contributed by atoms with E-state index in [0.29, 0.717) is 6.42 Å². The maximum Gasteiger partial charge on any atom is 0.228 e. The normalized spacial score (nSPS) is 14.9. The Labute approximate surface area is 172 Å². The first kappa shape index (κ1) is 22.1. The van der Waals surface area contributed by atoms with Crippen molar-refractivity contribution in [2.75, 3.05) is 44.3 Å². The van der Waals surface area contributed by atoms with Gasteiger partial charge in [0.25, 0.3) is 0 Å². The number of aromatic nitrogens is 1. The lowest BCUT2D eigenvalue weighted by Crippen LogP contribution is -2.39. The van der Waals surface area contributed by atoms with E-state index in [1.165, 1.54) is 10.3 Å². The molecular weight excluding hydrogens is 382 g/mol. The van der Waals surface area contributed by atoms with E-state index in [1.807, 2.05) is 4.90 Å². The molecule has 1 aliphatic heterocycles. The van der Waals surface area contributed by atoms with Gasteiger partial charge in [-0.05, 0) is 37.0 Å². The molecule has 0 radical (unpaired) electrons. The molecule has 150 valence electrons. The van der Waals surface area contributed by atoms with E-state index in [2.05, 4.69) is 36.9 Å². The number of rotatable bonds is 8. The number of carbonyl (C=O) groups excluding carboxylic acids is 1. The van der Waals surface area contributed by atoms with Crippen LogP contribution in [0.25, 0.3) is 10.2 Å². The van der Waals surface area contributed by atoms with Crippen molar-refractivity contribution in [1.82, 2.24) is 9.88 Å². The Balaban J connectivity index is 0.00000261. The molecule has 0 N–H and O–H groups in total. The third-order valence-corrected chi connectivity index (χ3v) is 5.85. The number of benzene rings is 1. The van der Waals surface area contributed by atoms with Crippen LogP contribution in [-0.4, -0.2) is 55.2 Å². The molecule has 2 heterocycles. The van der Waals surface area contributed by atoms with Gasteiger partial charge in [0.05, 0.1) is 23.4 Å². The average Bonchev–Trinajstić information content (AvgIpc) is 3.08. The number of fused-ring (bicyclic) bond motifs is 1. The molecule has 7 heteroatoms. The minimum atomic E-state index is 0. The molecule has 1 aromatic heterocycles. The molecule has 2 aromatic rings. The van der Waals surface area contributed by atoms with Gasteiger partial charge in [-0.1, -0.05) is 31.3 Å². The Morgan fingerprint density at radius 1 is 1.30 bits per heavy atom. The highest BCUT2D eigenvalue weighted by atomic mass is 35.5.